The number of aromatic nitrogens is 3. The van der Waals surface area contributed by atoms with E-state index in [1.165, 1.54) is 6.33 Å². The van der Waals surface area contributed by atoms with E-state index in [0.29, 0.717) is 18.8 Å². The van der Waals surface area contributed by atoms with Gasteiger partial charge in [-0.3, -0.25) is 9.89 Å². The van der Waals surface area contributed by atoms with Crippen LogP contribution in [0.4, 0.5) is 0 Å². The number of ether oxygens (including phenoxy) is 1. The van der Waals surface area contributed by atoms with E-state index in [2.05, 4.69) is 20.5 Å². The van der Waals surface area contributed by atoms with Gasteiger partial charge in [0.1, 0.15) is 12.2 Å². The van der Waals surface area contributed by atoms with Gasteiger partial charge in [0.2, 0.25) is 5.91 Å². The monoisotopic (exact) mass is 212 g/mol. The van der Waals surface area contributed by atoms with Crippen LogP contribution in [0.1, 0.15) is 26.1 Å². The van der Waals surface area contributed by atoms with E-state index in [1.807, 2.05) is 13.8 Å². The van der Waals surface area contributed by atoms with Crippen molar-refractivity contribution in [2.45, 2.75) is 32.4 Å². The number of carbonyl (C=O) groups excluding carboxylic acids is 1. The first kappa shape index (κ1) is 11.6. The highest BCUT2D eigenvalue weighted by Gasteiger charge is 2.20. The predicted octanol–water partition coefficient (Wildman–Crippen LogP) is 0.236. The molecular formula is C9H16N4O2. The lowest BCUT2D eigenvalue weighted by molar-refractivity contribution is -0.126. The number of hydrogen-bond donors (Lipinski definition) is 2. The molecule has 0 aliphatic carbocycles. The smallest absolute Gasteiger partial charge is 0.223 e. The van der Waals surface area contributed by atoms with Crippen LogP contribution in [0.15, 0.2) is 6.33 Å². The normalized spacial score (nSPS) is 11.4. The van der Waals surface area contributed by atoms with Gasteiger partial charge in [0, 0.05) is 7.11 Å². The van der Waals surface area contributed by atoms with E-state index in [9.17, 15) is 4.79 Å². The van der Waals surface area contributed by atoms with Crippen LogP contribution in [0.5, 0.6) is 0 Å². The molecule has 0 bridgehead atoms. The number of H-pyrrole nitrogens is 1. The Labute approximate surface area is 88.4 Å². The Morgan fingerprint density at radius 1 is 1.67 bits per heavy atom. The second-order valence-corrected chi connectivity index (χ2v) is 3.85. The fourth-order valence-corrected chi connectivity index (χ4v) is 1.02. The Bertz CT molecular complexity index is 308. The summed E-state index contributed by atoms with van der Waals surface area (Å²) in [4.78, 5) is 15.4. The molecule has 0 unspecified atom stereocenters. The van der Waals surface area contributed by atoms with Crippen LogP contribution in [0, 0.1) is 0 Å². The van der Waals surface area contributed by atoms with Crippen LogP contribution >= 0.6 is 0 Å². The van der Waals surface area contributed by atoms with Gasteiger partial charge in [0.05, 0.1) is 18.6 Å². The minimum absolute atomic E-state index is 0.0711. The van der Waals surface area contributed by atoms with Crippen LogP contribution in [0.25, 0.3) is 0 Å². The third-order valence-electron chi connectivity index (χ3n) is 2.06. The number of aromatic amines is 1. The molecule has 1 aromatic heterocycles. The fraction of sp³-hybridized carbons (Fsp3) is 0.667. The first-order chi connectivity index (χ1) is 7.03. The van der Waals surface area contributed by atoms with Crippen molar-refractivity contribution >= 4 is 5.91 Å². The highest BCUT2D eigenvalue weighted by atomic mass is 16.5. The first-order valence-corrected chi connectivity index (χ1v) is 4.69. The highest BCUT2D eigenvalue weighted by Crippen LogP contribution is 2.12. The van der Waals surface area contributed by atoms with Crippen molar-refractivity contribution in [2.24, 2.45) is 0 Å². The standard InChI is InChI=1S/C9H16N4O2/c1-9(2,15-3)4-8(14)10-5-7-11-6-12-13-7/h6H,4-5H2,1-3H3,(H,10,14)(H,11,12,13). The average molecular weight is 212 g/mol. The molecule has 0 spiro atoms. The van der Waals surface area contributed by atoms with E-state index in [4.69, 9.17) is 4.74 Å². The van der Waals surface area contributed by atoms with Crippen molar-refractivity contribution in [2.75, 3.05) is 7.11 Å². The third kappa shape index (κ3) is 4.07. The molecule has 1 rings (SSSR count). The van der Waals surface area contributed by atoms with Crippen LogP contribution in [-0.2, 0) is 16.1 Å². The molecule has 0 aliphatic heterocycles. The summed E-state index contributed by atoms with van der Waals surface area (Å²) in [6, 6.07) is 0. The number of carbonyl (C=O) groups is 1. The van der Waals surface area contributed by atoms with Crippen LogP contribution < -0.4 is 5.32 Å². The average Bonchev–Trinajstić information content (AvgIpc) is 2.66. The van der Waals surface area contributed by atoms with Gasteiger partial charge in [-0.15, -0.1) is 0 Å². The van der Waals surface area contributed by atoms with Gasteiger partial charge in [-0.05, 0) is 13.8 Å². The minimum atomic E-state index is -0.439. The molecule has 1 heterocycles. The van der Waals surface area contributed by atoms with Gasteiger partial charge in [-0.25, -0.2) is 4.98 Å². The van der Waals surface area contributed by atoms with Gasteiger partial charge in [-0.2, -0.15) is 5.10 Å². The maximum Gasteiger partial charge on any atom is 0.223 e. The van der Waals surface area contributed by atoms with Crippen LogP contribution in [0.3, 0.4) is 0 Å². The molecule has 0 atom stereocenters. The van der Waals surface area contributed by atoms with E-state index < -0.39 is 5.60 Å². The van der Waals surface area contributed by atoms with Crippen LogP contribution in [-0.4, -0.2) is 33.8 Å². The number of amides is 1. The molecule has 6 heteroatoms. The fourth-order valence-electron chi connectivity index (χ4n) is 1.02. The molecular weight excluding hydrogens is 196 g/mol. The van der Waals surface area contributed by atoms with E-state index in [-0.39, 0.29) is 5.91 Å². The Morgan fingerprint density at radius 3 is 2.93 bits per heavy atom. The first-order valence-electron chi connectivity index (χ1n) is 4.69. The molecule has 84 valence electrons. The van der Waals surface area contributed by atoms with Gasteiger partial charge < -0.3 is 10.1 Å². The van der Waals surface area contributed by atoms with Crippen LogP contribution in [0.2, 0.25) is 0 Å². The molecule has 1 aromatic rings. The van der Waals surface area contributed by atoms with E-state index in [1.54, 1.807) is 7.11 Å². The summed E-state index contributed by atoms with van der Waals surface area (Å²) < 4.78 is 5.15. The molecule has 0 saturated carbocycles. The third-order valence-corrected chi connectivity index (χ3v) is 2.06. The number of hydrogen-bond acceptors (Lipinski definition) is 4. The predicted molar refractivity (Wildman–Crippen MR) is 53.9 cm³/mol. The molecule has 0 aliphatic rings. The maximum atomic E-state index is 11.5. The Hall–Kier alpha value is -1.43. The van der Waals surface area contributed by atoms with Gasteiger partial charge in [0.15, 0.2) is 0 Å². The zero-order valence-electron chi connectivity index (χ0n) is 9.20. The quantitative estimate of drug-likeness (QED) is 0.732. The minimum Gasteiger partial charge on any atom is -0.378 e. The zero-order chi connectivity index (χ0) is 11.3. The van der Waals surface area contributed by atoms with Crippen molar-refractivity contribution in [1.29, 1.82) is 0 Å². The molecule has 0 fully saturated rings. The summed E-state index contributed by atoms with van der Waals surface area (Å²) in [5.41, 5.74) is -0.439. The second kappa shape index (κ2) is 4.88. The van der Waals surface area contributed by atoms with Crippen molar-refractivity contribution in [3.05, 3.63) is 12.2 Å². The maximum absolute atomic E-state index is 11.5. The summed E-state index contributed by atoms with van der Waals surface area (Å²) in [7, 11) is 1.59. The SMILES string of the molecule is COC(C)(C)CC(=O)NCc1ncn[nH]1. The lowest BCUT2D eigenvalue weighted by atomic mass is 10.1. The molecule has 0 aromatic carbocycles. The largest absolute Gasteiger partial charge is 0.378 e. The number of nitrogens with zero attached hydrogens (tertiary/aromatic N) is 2. The van der Waals surface area contributed by atoms with Gasteiger partial charge in [0.25, 0.3) is 0 Å². The summed E-state index contributed by atoms with van der Waals surface area (Å²) in [5.74, 6) is 0.567. The second-order valence-electron chi connectivity index (χ2n) is 3.85. The van der Waals surface area contributed by atoms with Gasteiger partial charge >= 0.3 is 0 Å². The molecule has 0 radical (unpaired) electrons. The van der Waals surface area contributed by atoms with Crippen molar-refractivity contribution < 1.29 is 9.53 Å². The van der Waals surface area contributed by atoms with E-state index in [0.717, 1.165) is 0 Å². The topological polar surface area (TPSA) is 79.9 Å². The molecule has 6 nitrogen and oxygen atoms in total. The summed E-state index contributed by atoms with van der Waals surface area (Å²) >= 11 is 0. The Balaban J connectivity index is 2.31. The number of rotatable bonds is 5. The highest BCUT2D eigenvalue weighted by molar-refractivity contribution is 5.76. The lowest BCUT2D eigenvalue weighted by Gasteiger charge is -2.21. The lowest BCUT2D eigenvalue weighted by Crippen LogP contribution is -2.33. The number of methoxy groups -OCH3 is 1. The molecule has 15 heavy (non-hydrogen) atoms. The van der Waals surface area contributed by atoms with Crippen molar-refractivity contribution in [1.82, 2.24) is 20.5 Å². The molecule has 1 amide bonds. The Kier molecular flexibility index (Phi) is 3.79. The Morgan fingerprint density at radius 2 is 2.40 bits per heavy atom. The summed E-state index contributed by atoms with van der Waals surface area (Å²) in [6.45, 7) is 4.08. The van der Waals surface area contributed by atoms with Crippen molar-refractivity contribution in [3.63, 3.8) is 0 Å². The van der Waals surface area contributed by atoms with E-state index >= 15 is 0 Å². The summed E-state index contributed by atoms with van der Waals surface area (Å²) in [5, 5.41) is 9.06. The number of nitrogens with one attached hydrogen (secondary N) is 2. The van der Waals surface area contributed by atoms with Crippen molar-refractivity contribution in [3.8, 4) is 0 Å². The molecule has 0 saturated heterocycles. The molecule has 2 N–H and O–H groups in total. The zero-order valence-corrected chi connectivity index (χ0v) is 9.20. The van der Waals surface area contributed by atoms with Gasteiger partial charge in [-0.1, -0.05) is 0 Å². The summed E-state index contributed by atoms with van der Waals surface area (Å²) in [6.07, 6.45) is 1.72.